The number of anilines is 1. The van der Waals surface area contributed by atoms with Crippen LogP contribution < -0.4 is 5.73 Å². The summed E-state index contributed by atoms with van der Waals surface area (Å²) in [7, 11) is 0. The lowest BCUT2D eigenvalue weighted by Gasteiger charge is -2.32. The van der Waals surface area contributed by atoms with Crippen LogP contribution in [0, 0.1) is 11.7 Å². The van der Waals surface area contributed by atoms with Gasteiger partial charge >= 0.3 is 0 Å². The molecule has 2 nitrogen and oxygen atoms in total. The van der Waals surface area contributed by atoms with Gasteiger partial charge in [0.2, 0.25) is 0 Å². The minimum Gasteiger partial charge on any atom is -0.398 e. The number of benzene rings is 1. The number of nitrogens with two attached hydrogens (primary N) is 1. The smallest absolute Gasteiger partial charge is 0.129 e. The van der Waals surface area contributed by atoms with Crippen molar-refractivity contribution in [1.29, 1.82) is 0 Å². The van der Waals surface area contributed by atoms with Crippen LogP contribution in [-0.2, 0) is 6.54 Å². The highest BCUT2D eigenvalue weighted by Crippen LogP contribution is 2.23. The number of nitrogens with zero attached hydrogens (tertiary/aromatic N) is 1. The molecular weight excluding hydrogens is 215 g/mol. The second kappa shape index (κ2) is 5.50. The largest absolute Gasteiger partial charge is 0.398 e. The van der Waals surface area contributed by atoms with Gasteiger partial charge in [-0.25, -0.2) is 4.39 Å². The molecule has 3 heteroatoms. The topological polar surface area (TPSA) is 29.3 Å². The van der Waals surface area contributed by atoms with Gasteiger partial charge in [-0.05, 0) is 37.4 Å². The summed E-state index contributed by atoms with van der Waals surface area (Å²) in [5.74, 6) is 0.584. The molecule has 1 saturated heterocycles. The molecule has 1 atom stereocenters. The maximum Gasteiger partial charge on any atom is 0.129 e. The second-order valence-electron chi connectivity index (χ2n) is 4.96. The van der Waals surface area contributed by atoms with Crippen molar-refractivity contribution in [2.75, 3.05) is 18.8 Å². The summed E-state index contributed by atoms with van der Waals surface area (Å²) in [5, 5.41) is 0. The Kier molecular flexibility index (Phi) is 4.00. The van der Waals surface area contributed by atoms with Crippen LogP contribution in [0.3, 0.4) is 0 Å². The Balaban J connectivity index is 2.05. The molecule has 17 heavy (non-hydrogen) atoms. The normalized spacial score (nSPS) is 21.6. The van der Waals surface area contributed by atoms with E-state index in [4.69, 9.17) is 5.73 Å². The third-order valence-corrected chi connectivity index (χ3v) is 3.72. The van der Waals surface area contributed by atoms with Crippen LogP contribution in [0.4, 0.5) is 10.1 Å². The summed E-state index contributed by atoms with van der Waals surface area (Å²) in [4.78, 5) is 2.33. The predicted octanol–water partition coefficient (Wildman–Crippen LogP) is 3.03. The molecule has 1 fully saturated rings. The molecule has 2 N–H and O–H groups in total. The van der Waals surface area contributed by atoms with Crippen LogP contribution in [0.2, 0.25) is 0 Å². The van der Waals surface area contributed by atoms with Gasteiger partial charge in [0.1, 0.15) is 5.82 Å². The molecule has 1 heterocycles. The molecule has 1 unspecified atom stereocenters. The molecule has 2 rings (SSSR count). The summed E-state index contributed by atoms with van der Waals surface area (Å²) in [6.07, 6.45) is 3.73. The average molecular weight is 236 g/mol. The molecule has 1 aromatic rings. The van der Waals surface area contributed by atoms with E-state index in [1.807, 2.05) is 0 Å². The van der Waals surface area contributed by atoms with Crippen LogP contribution >= 0.6 is 0 Å². The molecule has 0 aromatic heterocycles. The van der Waals surface area contributed by atoms with Gasteiger partial charge < -0.3 is 5.73 Å². The summed E-state index contributed by atoms with van der Waals surface area (Å²) in [6, 6.07) is 4.94. The SMILES string of the molecule is CCC1CCCN(Cc2c(N)cccc2F)C1. The molecule has 1 aliphatic heterocycles. The second-order valence-corrected chi connectivity index (χ2v) is 4.96. The van der Waals surface area contributed by atoms with Crippen LogP contribution in [0.25, 0.3) is 0 Å². The van der Waals surface area contributed by atoms with Crippen LogP contribution in [0.1, 0.15) is 31.7 Å². The Morgan fingerprint density at radius 1 is 1.47 bits per heavy atom. The van der Waals surface area contributed by atoms with E-state index >= 15 is 0 Å². The number of halogens is 1. The Hall–Kier alpha value is -1.09. The molecule has 0 radical (unpaired) electrons. The fourth-order valence-corrected chi connectivity index (χ4v) is 2.59. The summed E-state index contributed by atoms with van der Waals surface area (Å²) >= 11 is 0. The van der Waals surface area contributed by atoms with E-state index in [0.29, 0.717) is 17.8 Å². The van der Waals surface area contributed by atoms with Crippen molar-refractivity contribution in [3.63, 3.8) is 0 Å². The van der Waals surface area contributed by atoms with E-state index in [-0.39, 0.29) is 5.82 Å². The zero-order chi connectivity index (χ0) is 12.3. The van der Waals surface area contributed by atoms with E-state index in [2.05, 4.69) is 11.8 Å². The Bertz CT molecular complexity index is 358. The molecule has 1 aliphatic rings. The number of likely N-dealkylation sites (tertiary alicyclic amines) is 1. The molecule has 0 saturated carbocycles. The highest BCUT2D eigenvalue weighted by molar-refractivity contribution is 5.47. The minimum absolute atomic E-state index is 0.177. The zero-order valence-corrected chi connectivity index (χ0v) is 10.5. The first kappa shape index (κ1) is 12.4. The first-order chi connectivity index (χ1) is 8.20. The van der Waals surface area contributed by atoms with Crippen LogP contribution in [0.15, 0.2) is 18.2 Å². The lowest BCUT2D eigenvalue weighted by molar-refractivity contribution is 0.163. The molecule has 0 bridgehead atoms. The quantitative estimate of drug-likeness (QED) is 0.817. The van der Waals surface area contributed by atoms with Gasteiger partial charge in [0, 0.05) is 24.3 Å². The lowest BCUT2D eigenvalue weighted by atomic mass is 9.95. The van der Waals surface area contributed by atoms with E-state index in [1.54, 1.807) is 12.1 Å². The van der Waals surface area contributed by atoms with E-state index in [9.17, 15) is 4.39 Å². The van der Waals surface area contributed by atoms with Gasteiger partial charge in [0.25, 0.3) is 0 Å². The Morgan fingerprint density at radius 2 is 2.29 bits per heavy atom. The lowest BCUT2D eigenvalue weighted by Crippen LogP contribution is -2.35. The van der Waals surface area contributed by atoms with Gasteiger partial charge in [-0.2, -0.15) is 0 Å². The highest BCUT2D eigenvalue weighted by atomic mass is 19.1. The summed E-state index contributed by atoms with van der Waals surface area (Å²) in [6.45, 7) is 5.01. The van der Waals surface area contributed by atoms with Crippen molar-refractivity contribution in [2.24, 2.45) is 5.92 Å². The number of hydrogen-bond acceptors (Lipinski definition) is 2. The zero-order valence-electron chi connectivity index (χ0n) is 10.5. The molecule has 0 aliphatic carbocycles. The minimum atomic E-state index is -0.177. The molecular formula is C14H21FN2. The van der Waals surface area contributed by atoms with Gasteiger partial charge in [-0.3, -0.25) is 4.90 Å². The number of piperidine rings is 1. The molecule has 0 spiro atoms. The number of hydrogen-bond donors (Lipinski definition) is 1. The average Bonchev–Trinajstić information content (AvgIpc) is 2.34. The third kappa shape index (κ3) is 2.97. The van der Waals surface area contributed by atoms with E-state index in [1.165, 1.54) is 25.3 Å². The fraction of sp³-hybridized carbons (Fsp3) is 0.571. The van der Waals surface area contributed by atoms with Crippen molar-refractivity contribution in [3.8, 4) is 0 Å². The van der Waals surface area contributed by atoms with Crippen molar-refractivity contribution in [1.82, 2.24) is 4.90 Å². The first-order valence-corrected chi connectivity index (χ1v) is 6.46. The van der Waals surface area contributed by atoms with Gasteiger partial charge in [0.05, 0.1) is 0 Å². The van der Waals surface area contributed by atoms with Crippen LogP contribution in [0.5, 0.6) is 0 Å². The first-order valence-electron chi connectivity index (χ1n) is 6.46. The van der Waals surface area contributed by atoms with Gasteiger partial charge in [-0.15, -0.1) is 0 Å². The molecule has 0 amide bonds. The van der Waals surface area contributed by atoms with E-state index in [0.717, 1.165) is 19.0 Å². The van der Waals surface area contributed by atoms with Crippen molar-refractivity contribution >= 4 is 5.69 Å². The van der Waals surface area contributed by atoms with E-state index < -0.39 is 0 Å². The summed E-state index contributed by atoms with van der Waals surface area (Å²) < 4.78 is 13.7. The van der Waals surface area contributed by atoms with Gasteiger partial charge in [-0.1, -0.05) is 19.4 Å². The van der Waals surface area contributed by atoms with Crippen molar-refractivity contribution in [2.45, 2.75) is 32.7 Å². The van der Waals surface area contributed by atoms with Gasteiger partial charge in [0.15, 0.2) is 0 Å². The highest BCUT2D eigenvalue weighted by Gasteiger charge is 2.20. The maximum absolute atomic E-state index is 13.7. The number of nitrogen functional groups attached to an aromatic ring is 1. The monoisotopic (exact) mass is 236 g/mol. The molecule has 94 valence electrons. The van der Waals surface area contributed by atoms with Crippen molar-refractivity contribution < 1.29 is 4.39 Å². The Labute approximate surface area is 103 Å². The predicted molar refractivity (Wildman–Crippen MR) is 69.1 cm³/mol. The molecule has 1 aromatic carbocycles. The summed E-state index contributed by atoms with van der Waals surface area (Å²) in [5.41, 5.74) is 7.07. The maximum atomic E-state index is 13.7. The fourth-order valence-electron chi connectivity index (χ4n) is 2.59. The van der Waals surface area contributed by atoms with Crippen LogP contribution in [-0.4, -0.2) is 18.0 Å². The third-order valence-electron chi connectivity index (χ3n) is 3.72. The standard InChI is InChI=1S/C14H21FN2/c1-2-11-5-4-8-17(9-11)10-12-13(15)6-3-7-14(12)16/h3,6-7,11H,2,4-5,8-10,16H2,1H3. The number of rotatable bonds is 3. The Morgan fingerprint density at radius 3 is 3.00 bits per heavy atom. The van der Waals surface area contributed by atoms with Crippen molar-refractivity contribution in [3.05, 3.63) is 29.6 Å².